The van der Waals surface area contributed by atoms with E-state index in [1.54, 1.807) is 24.3 Å². The number of hydrogen-bond donors (Lipinski definition) is 0. The van der Waals surface area contributed by atoms with Crippen molar-refractivity contribution in [2.24, 2.45) is 0 Å². The number of carbonyl (C=O) groups is 2. The third-order valence-corrected chi connectivity index (χ3v) is 2.66. The summed E-state index contributed by atoms with van der Waals surface area (Å²) in [4.78, 5) is 34.9. The number of allylic oxidation sites excluding steroid dienone is 1. The molecule has 2 aromatic rings. The van der Waals surface area contributed by atoms with Gasteiger partial charge < -0.3 is 4.42 Å². The Kier molecular flexibility index (Phi) is 1.86. The van der Waals surface area contributed by atoms with E-state index < -0.39 is 17.0 Å². The van der Waals surface area contributed by atoms with Crippen LogP contribution in [0.3, 0.4) is 0 Å². The molecule has 4 nitrogen and oxygen atoms in total. The van der Waals surface area contributed by atoms with Crippen molar-refractivity contribution in [2.75, 3.05) is 0 Å². The molecule has 0 amide bonds. The van der Waals surface area contributed by atoms with Crippen LogP contribution in [0.5, 0.6) is 0 Å². The number of para-hydroxylation sites is 1. The Labute approximate surface area is 95.2 Å². The summed E-state index contributed by atoms with van der Waals surface area (Å²) in [6.07, 6.45) is 2.47. The lowest BCUT2D eigenvalue weighted by Gasteiger charge is -2.07. The van der Waals surface area contributed by atoms with E-state index in [9.17, 15) is 14.4 Å². The van der Waals surface area contributed by atoms with Gasteiger partial charge in [0.15, 0.2) is 0 Å². The van der Waals surface area contributed by atoms with Crippen molar-refractivity contribution in [3.63, 3.8) is 0 Å². The molecule has 0 radical (unpaired) electrons. The summed E-state index contributed by atoms with van der Waals surface area (Å²) in [6, 6.07) is 6.62. The highest BCUT2D eigenvalue weighted by molar-refractivity contribution is 6.49. The zero-order valence-corrected chi connectivity index (χ0v) is 8.60. The molecule has 1 aliphatic rings. The first-order valence-corrected chi connectivity index (χ1v) is 5.01. The highest BCUT2D eigenvalue weighted by atomic mass is 16.3. The molecular weight excluding hydrogens is 220 g/mol. The highest BCUT2D eigenvalue weighted by Crippen LogP contribution is 2.20. The van der Waals surface area contributed by atoms with Crippen molar-refractivity contribution in [3.05, 3.63) is 51.9 Å². The largest absolute Gasteiger partial charge is 0.456 e. The van der Waals surface area contributed by atoms with E-state index in [1.807, 2.05) is 0 Å². The number of rotatable bonds is 0. The minimum absolute atomic E-state index is 0.151. The van der Waals surface area contributed by atoms with Gasteiger partial charge in [0.25, 0.3) is 0 Å². The van der Waals surface area contributed by atoms with Crippen LogP contribution in [-0.4, -0.2) is 11.6 Å². The molecule has 17 heavy (non-hydrogen) atoms. The summed E-state index contributed by atoms with van der Waals surface area (Å²) in [5.41, 5.74) is -0.219. The number of fused-ring (bicyclic) bond motifs is 2. The monoisotopic (exact) mass is 226 g/mol. The number of hydrogen-bond acceptors (Lipinski definition) is 4. The molecule has 0 unspecified atom stereocenters. The SMILES string of the molecule is O=C1C=Cc2oc3ccccc3c(=O)c2C1=O. The Balaban J connectivity index is 2.51. The highest BCUT2D eigenvalue weighted by Gasteiger charge is 2.26. The second-order valence-corrected chi connectivity index (χ2v) is 3.69. The molecule has 0 atom stereocenters. The lowest BCUT2D eigenvalue weighted by Crippen LogP contribution is -2.25. The van der Waals surface area contributed by atoms with Crippen molar-refractivity contribution < 1.29 is 14.0 Å². The van der Waals surface area contributed by atoms with Gasteiger partial charge in [0.1, 0.15) is 16.9 Å². The smallest absolute Gasteiger partial charge is 0.240 e. The zero-order chi connectivity index (χ0) is 12.0. The van der Waals surface area contributed by atoms with Gasteiger partial charge in [0.2, 0.25) is 17.0 Å². The van der Waals surface area contributed by atoms with Crippen LogP contribution < -0.4 is 5.43 Å². The van der Waals surface area contributed by atoms with Crippen LogP contribution in [0.2, 0.25) is 0 Å². The molecule has 4 heteroatoms. The Hall–Kier alpha value is -2.49. The lowest BCUT2D eigenvalue weighted by atomic mass is 9.99. The molecule has 0 aliphatic heterocycles. The molecule has 0 fully saturated rings. The topological polar surface area (TPSA) is 64.3 Å². The van der Waals surface area contributed by atoms with Crippen molar-refractivity contribution in [1.82, 2.24) is 0 Å². The summed E-state index contributed by atoms with van der Waals surface area (Å²) in [5, 5.41) is 0.308. The van der Waals surface area contributed by atoms with Crippen molar-refractivity contribution in [3.8, 4) is 0 Å². The molecule has 0 saturated carbocycles. The van der Waals surface area contributed by atoms with E-state index in [4.69, 9.17) is 4.42 Å². The predicted octanol–water partition coefficient (Wildman–Crippen LogP) is 1.57. The molecular formula is C13H6O4. The van der Waals surface area contributed by atoms with Crippen LogP contribution in [0, 0.1) is 0 Å². The van der Waals surface area contributed by atoms with Crippen molar-refractivity contribution >= 4 is 28.6 Å². The summed E-state index contributed by atoms with van der Waals surface area (Å²) >= 11 is 0. The Bertz CT molecular complexity index is 750. The minimum Gasteiger partial charge on any atom is -0.456 e. The van der Waals surface area contributed by atoms with Gasteiger partial charge in [0.05, 0.1) is 5.39 Å². The summed E-state index contributed by atoms with van der Waals surface area (Å²) in [7, 11) is 0. The van der Waals surface area contributed by atoms with Gasteiger partial charge in [-0.25, -0.2) is 0 Å². The molecule has 1 aliphatic carbocycles. The fraction of sp³-hybridized carbons (Fsp3) is 0. The summed E-state index contributed by atoms with van der Waals surface area (Å²) in [5.74, 6) is -1.35. The van der Waals surface area contributed by atoms with Gasteiger partial charge in [-0.1, -0.05) is 12.1 Å². The first kappa shape index (κ1) is 9.72. The molecule has 1 aromatic heterocycles. The molecule has 82 valence electrons. The second-order valence-electron chi connectivity index (χ2n) is 3.69. The van der Waals surface area contributed by atoms with Gasteiger partial charge in [-0.05, 0) is 24.3 Å². The van der Waals surface area contributed by atoms with Crippen molar-refractivity contribution in [2.45, 2.75) is 0 Å². The average molecular weight is 226 g/mol. The molecule has 1 aromatic carbocycles. The lowest BCUT2D eigenvalue weighted by molar-refractivity contribution is -0.111. The summed E-state index contributed by atoms with van der Waals surface area (Å²) in [6.45, 7) is 0. The Morgan fingerprint density at radius 2 is 1.71 bits per heavy atom. The first-order valence-electron chi connectivity index (χ1n) is 5.01. The summed E-state index contributed by atoms with van der Waals surface area (Å²) < 4.78 is 5.42. The quantitative estimate of drug-likeness (QED) is 0.639. The maximum atomic E-state index is 12.1. The zero-order valence-electron chi connectivity index (χ0n) is 8.60. The second kappa shape index (κ2) is 3.25. The molecule has 0 N–H and O–H groups in total. The van der Waals surface area contributed by atoms with Crippen LogP contribution in [0.25, 0.3) is 17.0 Å². The number of carbonyl (C=O) groups excluding carboxylic acids is 2. The maximum absolute atomic E-state index is 12.1. The molecule has 0 spiro atoms. The van der Waals surface area contributed by atoms with Gasteiger partial charge in [0, 0.05) is 0 Å². The van der Waals surface area contributed by atoms with Crippen LogP contribution in [0.15, 0.2) is 39.6 Å². The number of ketones is 2. The maximum Gasteiger partial charge on any atom is 0.240 e. The Morgan fingerprint density at radius 1 is 0.941 bits per heavy atom. The van der Waals surface area contributed by atoms with Gasteiger partial charge in [-0.2, -0.15) is 0 Å². The van der Waals surface area contributed by atoms with E-state index in [1.165, 1.54) is 6.08 Å². The van der Waals surface area contributed by atoms with Crippen LogP contribution in [0.1, 0.15) is 16.1 Å². The fourth-order valence-corrected chi connectivity index (χ4v) is 1.84. The van der Waals surface area contributed by atoms with Gasteiger partial charge in [-0.3, -0.25) is 14.4 Å². The third-order valence-electron chi connectivity index (χ3n) is 2.66. The number of Topliss-reactive ketones (excluding diaryl/α,β-unsaturated/α-hetero) is 1. The van der Waals surface area contributed by atoms with E-state index in [-0.39, 0.29) is 11.3 Å². The first-order chi connectivity index (χ1) is 8.18. The minimum atomic E-state index is -0.804. The van der Waals surface area contributed by atoms with E-state index in [0.29, 0.717) is 11.0 Å². The van der Waals surface area contributed by atoms with Gasteiger partial charge in [-0.15, -0.1) is 0 Å². The van der Waals surface area contributed by atoms with E-state index in [0.717, 1.165) is 6.08 Å². The predicted molar refractivity (Wildman–Crippen MR) is 60.9 cm³/mol. The van der Waals surface area contributed by atoms with Crippen LogP contribution in [0.4, 0.5) is 0 Å². The van der Waals surface area contributed by atoms with Crippen LogP contribution >= 0.6 is 0 Å². The van der Waals surface area contributed by atoms with E-state index in [2.05, 4.69) is 0 Å². The number of benzene rings is 1. The third kappa shape index (κ3) is 1.27. The average Bonchev–Trinajstić information content (AvgIpc) is 2.34. The molecule has 3 rings (SSSR count). The van der Waals surface area contributed by atoms with Gasteiger partial charge >= 0.3 is 0 Å². The molecule has 0 bridgehead atoms. The van der Waals surface area contributed by atoms with E-state index >= 15 is 0 Å². The van der Waals surface area contributed by atoms with Crippen molar-refractivity contribution in [1.29, 1.82) is 0 Å². The van der Waals surface area contributed by atoms with Crippen LogP contribution in [-0.2, 0) is 4.79 Å². The molecule has 0 saturated heterocycles. The fourth-order valence-electron chi connectivity index (χ4n) is 1.84. The Morgan fingerprint density at radius 3 is 2.53 bits per heavy atom. The molecule has 1 heterocycles. The standard InChI is InChI=1S/C13H6O4/c14-8-5-6-10-11(13(8)16)12(15)7-3-1-2-4-9(7)17-10/h1-6H. The normalized spacial score (nSPS) is 14.1.